The van der Waals surface area contributed by atoms with Gasteiger partial charge in [-0.25, -0.2) is 4.39 Å². The summed E-state index contributed by atoms with van der Waals surface area (Å²) in [5.74, 6) is -0.740. The number of carbonyl (C=O) groups is 2. The Morgan fingerprint density at radius 1 is 1.16 bits per heavy atom. The molecule has 8 nitrogen and oxygen atoms in total. The molecule has 2 heterocycles. The Hall–Kier alpha value is -3.46. The van der Waals surface area contributed by atoms with E-state index >= 15 is 0 Å². The molecule has 0 radical (unpaired) electrons. The molecule has 0 spiro atoms. The lowest BCUT2D eigenvalue weighted by Gasteiger charge is -2.31. The van der Waals surface area contributed by atoms with Crippen LogP contribution in [-0.2, 0) is 17.8 Å². The van der Waals surface area contributed by atoms with Crippen molar-refractivity contribution in [1.82, 2.24) is 10.6 Å². The van der Waals surface area contributed by atoms with E-state index < -0.39 is 24.3 Å². The van der Waals surface area contributed by atoms with Crippen LogP contribution in [0.15, 0.2) is 42.5 Å². The van der Waals surface area contributed by atoms with Crippen molar-refractivity contribution in [2.45, 2.75) is 44.2 Å². The fourth-order valence-corrected chi connectivity index (χ4v) is 4.31. The summed E-state index contributed by atoms with van der Waals surface area (Å²) in [5.41, 5.74) is 14.7. The van der Waals surface area contributed by atoms with Gasteiger partial charge in [-0.2, -0.15) is 0 Å². The number of amidine groups is 1. The summed E-state index contributed by atoms with van der Waals surface area (Å²) in [6.07, 6.45) is -0.152. The predicted octanol–water partition coefficient (Wildman–Crippen LogP) is 1.16. The number of nitrogen functional groups attached to an aromatic ring is 1. The normalized spacial score (nSPS) is 22.3. The summed E-state index contributed by atoms with van der Waals surface area (Å²) >= 11 is 0. The molecule has 2 aliphatic heterocycles. The molecule has 3 unspecified atom stereocenters. The monoisotopic (exact) mass is 438 g/mol. The largest absolute Gasteiger partial charge is 0.384 e. The Labute approximate surface area is 185 Å². The van der Waals surface area contributed by atoms with E-state index in [4.69, 9.17) is 16.9 Å². The molecular weight excluding hydrogens is 411 g/mol. The van der Waals surface area contributed by atoms with Crippen molar-refractivity contribution in [1.29, 1.82) is 5.41 Å². The second kappa shape index (κ2) is 8.96. The number of carbonyl (C=O) groups excluding carboxylic acids is 2. The maximum absolute atomic E-state index is 13.8. The van der Waals surface area contributed by atoms with Crippen LogP contribution in [0.5, 0.6) is 0 Å². The van der Waals surface area contributed by atoms with E-state index in [0.29, 0.717) is 37.1 Å². The highest BCUT2D eigenvalue weighted by molar-refractivity contribution is 5.97. The third-order valence-corrected chi connectivity index (χ3v) is 6.05. The first-order chi connectivity index (χ1) is 15.3. The van der Waals surface area contributed by atoms with E-state index in [-0.39, 0.29) is 18.2 Å². The van der Waals surface area contributed by atoms with Crippen molar-refractivity contribution >= 4 is 23.3 Å². The Balaban J connectivity index is 1.60. The molecule has 3 atom stereocenters. The van der Waals surface area contributed by atoms with Gasteiger partial charge in [0.2, 0.25) is 11.8 Å². The van der Waals surface area contributed by atoms with Gasteiger partial charge in [0.15, 0.2) is 0 Å². The molecule has 2 amide bonds. The minimum absolute atomic E-state index is 0.0492. The Morgan fingerprint density at radius 3 is 2.53 bits per heavy atom. The highest BCUT2D eigenvalue weighted by Gasteiger charge is 2.36. The van der Waals surface area contributed by atoms with Crippen LogP contribution >= 0.6 is 0 Å². The molecule has 4 rings (SSSR count). The molecule has 2 aromatic carbocycles. The van der Waals surface area contributed by atoms with Crippen molar-refractivity contribution in [3.8, 4) is 0 Å². The average molecular weight is 439 g/mol. The van der Waals surface area contributed by atoms with Crippen LogP contribution in [0.25, 0.3) is 0 Å². The van der Waals surface area contributed by atoms with Gasteiger partial charge >= 0.3 is 0 Å². The van der Waals surface area contributed by atoms with Gasteiger partial charge in [0, 0.05) is 36.2 Å². The fraction of sp³-hybridized carbons (Fsp3) is 0.348. The molecule has 9 heteroatoms. The molecule has 32 heavy (non-hydrogen) atoms. The van der Waals surface area contributed by atoms with Gasteiger partial charge in [-0.1, -0.05) is 24.3 Å². The lowest BCUT2D eigenvalue weighted by atomic mass is 10.1. The van der Waals surface area contributed by atoms with Gasteiger partial charge in [-0.05, 0) is 42.3 Å². The Morgan fingerprint density at radius 2 is 1.88 bits per heavy atom. The number of amides is 2. The number of hydrogen-bond acceptors (Lipinski definition) is 5. The zero-order valence-corrected chi connectivity index (χ0v) is 17.6. The number of anilines is 1. The van der Waals surface area contributed by atoms with Crippen molar-refractivity contribution in [2.75, 3.05) is 11.4 Å². The number of nitrogens with one attached hydrogen (secondary N) is 3. The van der Waals surface area contributed by atoms with E-state index in [1.54, 1.807) is 30.3 Å². The van der Waals surface area contributed by atoms with Crippen LogP contribution < -0.4 is 27.0 Å². The Kier molecular flexibility index (Phi) is 6.09. The molecule has 0 aliphatic carbocycles. The number of halogens is 1. The summed E-state index contributed by atoms with van der Waals surface area (Å²) in [6, 6.07) is 11.9. The first-order valence-corrected chi connectivity index (χ1v) is 10.6. The lowest BCUT2D eigenvalue weighted by Crippen LogP contribution is -2.55. The van der Waals surface area contributed by atoms with Crippen molar-refractivity contribution in [3.05, 3.63) is 64.7 Å². The highest BCUT2D eigenvalue weighted by atomic mass is 19.1. The van der Waals surface area contributed by atoms with Gasteiger partial charge in [0.1, 0.15) is 18.0 Å². The molecule has 7 N–H and O–H groups in total. The van der Waals surface area contributed by atoms with Gasteiger partial charge in [0.25, 0.3) is 0 Å². The topological polar surface area (TPSA) is 137 Å². The second-order valence-corrected chi connectivity index (χ2v) is 8.30. The van der Waals surface area contributed by atoms with Gasteiger partial charge in [-0.3, -0.25) is 20.3 Å². The number of hydrogen-bond donors (Lipinski definition) is 5. The lowest BCUT2D eigenvalue weighted by molar-refractivity contribution is -0.123. The predicted molar refractivity (Wildman–Crippen MR) is 120 cm³/mol. The molecule has 0 bridgehead atoms. The summed E-state index contributed by atoms with van der Waals surface area (Å²) in [4.78, 5) is 26.5. The summed E-state index contributed by atoms with van der Waals surface area (Å²) in [7, 11) is 0. The number of nitrogens with zero attached hydrogens (tertiary/aromatic N) is 1. The van der Waals surface area contributed by atoms with Crippen LogP contribution in [0.2, 0.25) is 0 Å². The molecule has 1 fully saturated rings. The number of fused-ring (bicyclic) bond motifs is 1. The van der Waals surface area contributed by atoms with Crippen molar-refractivity contribution in [2.24, 2.45) is 11.5 Å². The minimum atomic E-state index is -0.930. The Bertz CT molecular complexity index is 1040. The number of benzene rings is 2. The van der Waals surface area contributed by atoms with Gasteiger partial charge in [0.05, 0.1) is 6.17 Å². The first-order valence-electron chi connectivity index (χ1n) is 10.6. The van der Waals surface area contributed by atoms with E-state index in [1.807, 2.05) is 17.0 Å². The summed E-state index contributed by atoms with van der Waals surface area (Å²) in [6.45, 7) is 0.935. The molecule has 0 saturated carbocycles. The molecule has 1 saturated heterocycles. The summed E-state index contributed by atoms with van der Waals surface area (Å²) in [5, 5.41) is 13.9. The quantitative estimate of drug-likeness (QED) is 0.340. The molecule has 2 aliphatic rings. The number of piperidine rings is 1. The number of nitrogens with two attached hydrogens (primary N) is 2. The van der Waals surface area contributed by atoms with Crippen LogP contribution in [0.1, 0.15) is 39.9 Å². The van der Waals surface area contributed by atoms with Crippen molar-refractivity contribution < 1.29 is 14.0 Å². The number of alkyl halides is 1. The van der Waals surface area contributed by atoms with E-state index in [2.05, 4.69) is 10.6 Å². The van der Waals surface area contributed by atoms with Gasteiger partial charge < -0.3 is 21.7 Å². The van der Waals surface area contributed by atoms with Gasteiger partial charge in [-0.15, -0.1) is 0 Å². The van der Waals surface area contributed by atoms with E-state index in [0.717, 1.165) is 16.8 Å². The van der Waals surface area contributed by atoms with E-state index in [1.165, 1.54) is 0 Å². The second-order valence-electron chi connectivity index (χ2n) is 8.30. The minimum Gasteiger partial charge on any atom is -0.384 e. The first kappa shape index (κ1) is 21.8. The molecular formula is C23H27FN6O2. The van der Waals surface area contributed by atoms with Crippen LogP contribution in [0.4, 0.5) is 10.1 Å². The van der Waals surface area contributed by atoms with Crippen LogP contribution in [-0.4, -0.2) is 42.6 Å². The standard InChI is InChI=1S/C23H27FN6O2/c24-17-7-8-28-20(11-17)29-23(32)19-9-15-5-6-16(21(25)26)10-18(15)30(19)12-13-1-3-14(4-2-13)22(27)31/h1-6,10,17,19-20,28H,7-9,11-12H2,(H3,25,26)(H2,27,31)(H,29,32). The third kappa shape index (κ3) is 4.57. The van der Waals surface area contributed by atoms with Crippen LogP contribution in [0, 0.1) is 5.41 Å². The maximum Gasteiger partial charge on any atom is 0.248 e. The maximum atomic E-state index is 13.8. The number of primary amides is 1. The third-order valence-electron chi connectivity index (χ3n) is 6.05. The number of rotatable bonds is 6. The molecule has 0 aromatic heterocycles. The SMILES string of the molecule is N=C(N)c1ccc2c(c1)N(Cc1ccc(C(N)=O)cc1)C(C(=O)NC1CC(F)CCN1)C2. The zero-order chi connectivity index (χ0) is 22.8. The average Bonchev–Trinajstić information content (AvgIpc) is 3.12. The van der Waals surface area contributed by atoms with Crippen LogP contribution in [0.3, 0.4) is 0 Å². The van der Waals surface area contributed by atoms with Crippen molar-refractivity contribution in [3.63, 3.8) is 0 Å². The smallest absolute Gasteiger partial charge is 0.248 e. The zero-order valence-electron chi connectivity index (χ0n) is 17.6. The highest BCUT2D eigenvalue weighted by Crippen LogP contribution is 2.35. The van der Waals surface area contributed by atoms with E-state index in [9.17, 15) is 14.0 Å². The molecule has 2 aromatic rings. The molecule has 168 valence electrons. The summed E-state index contributed by atoms with van der Waals surface area (Å²) < 4.78 is 13.8. The fourth-order valence-electron chi connectivity index (χ4n) is 4.31.